The highest BCUT2D eigenvalue weighted by molar-refractivity contribution is 7.19. The number of aliphatic hydroxyl groups excluding tert-OH is 1. The molecule has 0 atom stereocenters. The molecule has 0 spiro atoms. The van der Waals surface area contributed by atoms with Crippen LogP contribution < -0.4 is 0 Å². The van der Waals surface area contributed by atoms with Crippen molar-refractivity contribution in [3.63, 3.8) is 0 Å². The molecule has 0 aliphatic carbocycles. The summed E-state index contributed by atoms with van der Waals surface area (Å²) in [7, 11) is 0. The highest BCUT2D eigenvalue weighted by Gasteiger charge is 2.23. The first-order chi connectivity index (χ1) is 10.7. The van der Waals surface area contributed by atoms with E-state index in [-0.39, 0.29) is 18.0 Å². The lowest BCUT2D eigenvalue weighted by Gasteiger charge is -2.00. The number of fused-ring (bicyclic) bond motifs is 1. The molecule has 0 aliphatic rings. The summed E-state index contributed by atoms with van der Waals surface area (Å²) in [6.07, 6.45) is 0. The second-order valence-corrected chi connectivity index (χ2v) is 5.32. The van der Waals surface area contributed by atoms with Crippen LogP contribution in [0.25, 0.3) is 15.5 Å². The van der Waals surface area contributed by atoms with Crippen molar-refractivity contribution < 1.29 is 19.0 Å². The molecule has 0 unspecified atom stereocenters. The minimum atomic E-state index is -0.614. The molecule has 0 saturated heterocycles. The van der Waals surface area contributed by atoms with Crippen LogP contribution >= 0.6 is 11.3 Å². The summed E-state index contributed by atoms with van der Waals surface area (Å²) in [6.45, 7) is 1.47. The number of nitrogens with zero attached hydrogens (tertiary/aromatic N) is 3. The van der Waals surface area contributed by atoms with E-state index in [1.165, 1.54) is 10.6 Å². The molecule has 1 N–H and O–H groups in total. The summed E-state index contributed by atoms with van der Waals surface area (Å²) in [5.74, 6) is -1.01. The number of rotatable bonds is 4. The third kappa shape index (κ3) is 2.36. The van der Waals surface area contributed by atoms with Gasteiger partial charge in [0.1, 0.15) is 11.5 Å². The van der Waals surface area contributed by atoms with Crippen LogP contribution in [-0.2, 0) is 11.3 Å². The van der Waals surface area contributed by atoms with Gasteiger partial charge in [0.2, 0.25) is 4.96 Å². The maximum Gasteiger partial charge on any atom is 0.359 e. The van der Waals surface area contributed by atoms with Gasteiger partial charge >= 0.3 is 5.97 Å². The first kappa shape index (κ1) is 14.6. The number of carbonyl (C=O) groups is 1. The van der Waals surface area contributed by atoms with E-state index in [2.05, 4.69) is 10.1 Å². The molecule has 0 saturated carbocycles. The molecule has 0 amide bonds. The Balaban J connectivity index is 2.11. The van der Waals surface area contributed by atoms with Crippen molar-refractivity contribution in [3.05, 3.63) is 41.5 Å². The molecule has 3 aromatic rings. The van der Waals surface area contributed by atoms with Crippen molar-refractivity contribution in [2.24, 2.45) is 0 Å². The van der Waals surface area contributed by atoms with Gasteiger partial charge in [-0.05, 0) is 19.1 Å². The van der Waals surface area contributed by atoms with E-state index in [9.17, 15) is 14.3 Å². The topological polar surface area (TPSA) is 76.7 Å². The number of ether oxygens (including phenoxy) is 1. The van der Waals surface area contributed by atoms with E-state index in [4.69, 9.17) is 4.74 Å². The zero-order chi connectivity index (χ0) is 15.7. The average molecular weight is 321 g/mol. The van der Waals surface area contributed by atoms with Crippen LogP contribution in [0.2, 0.25) is 0 Å². The fraction of sp³-hybridized carbons (Fsp3) is 0.214. The second kappa shape index (κ2) is 5.82. The minimum Gasteiger partial charge on any atom is -0.461 e. The van der Waals surface area contributed by atoms with E-state index in [0.717, 1.165) is 11.3 Å². The lowest BCUT2D eigenvalue weighted by Crippen LogP contribution is -2.09. The Morgan fingerprint density at radius 1 is 1.45 bits per heavy atom. The number of aromatic nitrogens is 3. The van der Waals surface area contributed by atoms with Crippen LogP contribution in [0.4, 0.5) is 4.39 Å². The Morgan fingerprint density at radius 2 is 2.23 bits per heavy atom. The molecular formula is C14H12FN3O3S. The molecule has 2 heterocycles. The van der Waals surface area contributed by atoms with Crippen molar-refractivity contribution in [1.82, 2.24) is 14.6 Å². The van der Waals surface area contributed by atoms with Crippen LogP contribution in [0.15, 0.2) is 24.3 Å². The number of imidazole rings is 1. The Kier molecular flexibility index (Phi) is 3.86. The van der Waals surface area contributed by atoms with Gasteiger partial charge in [-0.2, -0.15) is 5.10 Å². The Hall–Kier alpha value is -2.32. The SMILES string of the molecule is CCOC(=O)c1nc2sc(-c3ccccc3F)nn2c1CO. The lowest BCUT2D eigenvalue weighted by atomic mass is 10.2. The largest absolute Gasteiger partial charge is 0.461 e. The molecule has 0 fully saturated rings. The number of benzene rings is 1. The smallest absolute Gasteiger partial charge is 0.359 e. The van der Waals surface area contributed by atoms with Crippen LogP contribution in [-0.4, -0.2) is 32.3 Å². The van der Waals surface area contributed by atoms with Gasteiger partial charge in [-0.3, -0.25) is 0 Å². The van der Waals surface area contributed by atoms with Crippen molar-refractivity contribution in [2.45, 2.75) is 13.5 Å². The van der Waals surface area contributed by atoms with E-state index >= 15 is 0 Å². The summed E-state index contributed by atoms with van der Waals surface area (Å²) in [5.41, 5.74) is 0.607. The third-order valence-electron chi connectivity index (χ3n) is 3.02. The second-order valence-electron chi connectivity index (χ2n) is 4.37. The molecule has 114 valence electrons. The summed E-state index contributed by atoms with van der Waals surface area (Å²) < 4.78 is 20.1. The number of esters is 1. The van der Waals surface area contributed by atoms with Crippen molar-refractivity contribution >= 4 is 22.3 Å². The highest BCUT2D eigenvalue weighted by Crippen LogP contribution is 2.29. The third-order valence-corrected chi connectivity index (χ3v) is 3.96. The van der Waals surface area contributed by atoms with Gasteiger partial charge in [-0.25, -0.2) is 18.7 Å². The van der Waals surface area contributed by atoms with E-state index in [1.807, 2.05) is 0 Å². The maximum atomic E-state index is 13.8. The first-order valence-electron chi connectivity index (χ1n) is 6.57. The molecule has 22 heavy (non-hydrogen) atoms. The van der Waals surface area contributed by atoms with Crippen LogP contribution in [0, 0.1) is 5.82 Å². The fourth-order valence-corrected chi connectivity index (χ4v) is 2.98. The molecule has 2 aromatic heterocycles. The van der Waals surface area contributed by atoms with E-state index in [0.29, 0.717) is 15.5 Å². The van der Waals surface area contributed by atoms with Crippen LogP contribution in [0.1, 0.15) is 23.1 Å². The predicted molar refractivity (Wildman–Crippen MR) is 78.1 cm³/mol. The lowest BCUT2D eigenvalue weighted by molar-refractivity contribution is 0.0516. The normalized spacial score (nSPS) is 11.0. The minimum absolute atomic E-state index is 0.0307. The quantitative estimate of drug-likeness (QED) is 0.746. The monoisotopic (exact) mass is 321 g/mol. The van der Waals surface area contributed by atoms with E-state index in [1.54, 1.807) is 25.1 Å². The van der Waals surface area contributed by atoms with E-state index < -0.39 is 18.4 Å². The van der Waals surface area contributed by atoms with Crippen molar-refractivity contribution in [2.75, 3.05) is 6.61 Å². The molecular weight excluding hydrogens is 309 g/mol. The van der Waals surface area contributed by atoms with Gasteiger partial charge < -0.3 is 9.84 Å². The van der Waals surface area contributed by atoms with Gasteiger partial charge in [0.15, 0.2) is 10.7 Å². The molecule has 0 aliphatic heterocycles. The number of halogens is 1. The van der Waals surface area contributed by atoms with Gasteiger partial charge in [-0.1, -0.05) is 23.5 Å². The predicted octanol–water partition coefficient (Wildman–Crippen LogP) is 2.27. The standard InChI is InChI=1S/C14H12FN3O3S/c1-2-21-13(20)11-10(7-19)18-14(16-11)22-12(17-18)8-5-3-4-6-9(8)15/h3-6,19H,2,7H2,1H3. The Bertz CT molecular complexity index is 843. The first-order valence-corrected chi connectivity index (χ1v) is 7.38. The molecule has 8 heteroatoms. The van der Waals surface area contributed by atoms with Gasteiger partial charge in [0, 0.05) is 5.56 Å². The Morgan fingerprint density at radius 3 is 2.91 bits per heavy atom. The number of aliphatic hydroxyl groups is 1. The van der Waals surface area contributed by atoms with Crippen molar-refractivity contribution in [3.8, 4) is 10.6 Å². The van der Waals surface area contributed by atoms with Crippen LogP contribution in [0.3, 0.4) is 0 Å². The zero-order valence-corrected chi connectivity index (χ0v) is 12.4. The molecule has 0 radical (unpaired) electrons. The summed E-state index contributed by atoms with van der Waals surface area (Å²) in [5, 5.41) is 14.1. The Labute approximate surface area is 128 Å². The molecule has 0 bridgehead atoms. The van der Waals surface area contributed by atoms with Gasteiger partial charge in [-0.15, -0.1) is 0 Å². The van der Waals surface area contributed by atoms with Crippen LogP contribution in [0.5, 0.6) is 0 Å². The summed E-state index contributed by atoms with van der Waals surface area (Å²) in [4.78, 5) is 16.3. The molecule has 6 nitrogen and oxygen atoms in total. The number of carbonyl (C=O) groups excluding carboxylic acids is 1. The van der Waals surface area contributed by atoms with Gasteiger partial charge in [0.25, 0.3) is 0 Å². The molecule has 1 aromatic carbocycles. The summed E-state index contributed by atoms with van der Waals surface area (Å²) >= 11 is 1.13. The van der Waals surface area contributed by atoms with Crippen molar-refractivity contribution in [1.29, 1.82) is 0 Å². The highest BCUT2D eigenvalue weighted by atomic mass is 32.1. The number of hydrogen-bond donors (Lipinski definition) is 1. The zero-order valence-electron chi connectivity index (χ0n) is 11.6. The van der Waals surface area contributed by atoms with Gasteiger partial charge in [0.05, 0.1) is 13.2 Å². The fourth-order valence-electron chi connectivity index (χ4n) is 2.04. The summed E-state index contributed by atoms with van der Waals surface area (Å²) in [6, 6.07) is 6.25. The number of hydrogen-bond acceptors (Lipinski definition) is 6. The average Bonchev–Trinajstić information content (AvgIpc) is 3.05. The maximum absolute atomic E-state index is 13.8. The molecule has 3 rings (SSSR count).